The minimum absolute atomic E-state index is 0.188. The van der Waals surface area contributed by atoms with Crippen LogP contribution in [-0.2, 0) is 20.5 Å². The zero-order chi connectivity index (χ0) is 16.6. The van der Waals surface area contributed by atoms with Crippen LogP contribution in [0.1, 0.15) is 11.4 Å². The Hall–Kier alpha value is -3.03. The van der Waals surface area contributed by atoms with Crippen molar-refractivity contribution in [3.8, 4) is 5.75 Å². The lowest BCUT2D eigenvalue weighted by Gasteiger charge is -2.04. The van der Waals surface area contributed by atoms with Crippen molar-refractivity contribution >= 4 is 11.2 Å². The number of hydrogen-bond donors (Lipinski definition) is 1. The van der Waals surface area contributed by atoms with Crippen LogP contribution in [0.4, 0.5) is 0 Å². The first-order valence-corrected chi connectivity index (χ1v) is 6.99. The molecule has 0 atom stereocenters. The van der Waals surface area contributed by atoms with Gasteiger partial charge in [0.25, 0.3) is 5.56 Å². The third-order valence-corrected chi connectivity index (χ3v) is 3.61. The summed E-state index contributed by atoms with van der Waals surface area (Å²) in [5.41, 5.74) is 0.540. The summed E-state index contributed by atoms with van der Waals surface area (Å²) in [4.78, 5) is 30.8. The number of rotatable bonds is 3. The number of hydrogen-bond acceptors (Lipinski definition) is 5. The summed E-state index contributed by atoms with van der Waals surface area (Å²) in [5.74, 6) is 1.26. The summed E-state index contributed by atoms with van der Waals surface area (Å²) in [6.07, 6.45) is 0.468. The molecule has 3 rings (SSSR count). The largest absolute Gasteiger partial charge is 0.497 e. The smallest absolute Gasteiger partial charge is 0.416 e. The van der Waals surface area contributed by atoms with E-state index >= 15 is 0 Å². The number of H-pyrrole nitrogens is 1. The van der Waals surface area contributed by atoms with Gasteiger partial charge in [0, 0.05) is 13.5 Å². The quantitative estimate of drug-likeness (QED) is 0.654. The molecule has 0 amide bonds. The molecule has 2 heterocycles. The average Bonchev–Trinajstić information content (AvgIpc) is 2.55. The van der Waals surface area contributed by atoms with Crippen LogP contribution >= 0.6 is 0 Å². The van der Waals surface area contributed by atoms with Gasteiger partial charge in [0.15, 0.2) is 5.82 Å². The maximum atomic E-state index is 12.2. The lowest BCUT2D eigenvalue weighted by atomic mass is 10.1. The fraction of sp³-hybridized carbons (Fsp3) is 0.267. The van der Waals surface area contributed by atoms with Gasteiger partial charge in [0.2, 0.25) is 5.52 Å². The van der Waals surface area contributed by atoms with Crippen molar-refractivity contribution in [3.63, 3.8) is 0 Å². The van der Waals surface area contributed by atoms with Crippen LogP contribution in [0.2, 0.25) is 0 Å². The van der Waals surface area contributed by atoms with Gasteiger partial charge >= 0.3 is 11.3 Å². The first-order valence-electron chi connectivity index (χ1n) is 6.99. The topological polar surface area (TPSA) is 93.7 Å². The second kappa shape index (κ2) is 5.64. The second-order valence-corrected chi connectivity index (χ2v) is 5.17. The first-order chi connectivity index (χ1) is 11.0. The van der Waals surface area contributed by atoms with Crippen LogP contribution in [0.5, 0.6) is 5.75 Å². The number of ether oxygens (including phenoxy) is 1. The first kappa shape index (κ1) is 14.9. The van der Waals surface area contributed by atoms with Gasteiger partial charge in [-0.2, -0.15) is 4.98 Å². The van der Waals surface area contributed by atoms with Gasteiger partial charge in [0.05, 0.1) is 7.11 Å². The number of aromatic nitrogens is 5. The minimum Gasteiger partial charge on any atom is -0.497 e. The van der Waals surface area contributed by atoms with Crippen LogP contribution in [0.3, 0.4) is 0 Å². The Morgan fingerprint density at radius 3 is 2.61 bits per heavy atom. The third kappa shape index (κ3) is 2.70. The number of methoxy groups -OCH3 is 1. The number of fused-ring (bicyclic) bond motifs is 1. The number of benzene rings is 1. The molecule has 8 nitrogen and oxygen atoms in total. The van der Waals surface area contributed by atoms with E-state index in [9.17, 15) is 9.59 Å². The molecule has 8 heteroatoms. The molecule has 0 aliphatic rings. The molecular formula is C15H16N5O3+. The van der Waals surface area contributed by atoms with Crippen molar-refractivity contribution in [3.05, 3.63) is 56.5 Å². The molecule has 118 valence electrons. The number of nitrogens with zero attached hydrogens (tertiary/aromatic N) is 4. The molecule has 0 unspecified atom stereocenters. The maximum absolute atomic E-state index is 12.2. The summed E-state index contributed by atoms with van der Waals surface area (Å²) < 4.78 is 7.58. The number of aryl methyl sites for hydroxylation is 1. The highest BCUT2D eigenvalue weighted by Crippen LogP contribution is 2.13. The standard InChI is InChI=1S/C15H15N5O3/c1-19-14(21)12-13(17-15(19)22)20(2)18-11(16-12)8-9-4-6-10(23-3)7-5-9/h4-7H,8H2,1-3H3/p+1. The predicted molar refractivity (Wildman–Crippen MR) is 82.4 cm³/mol. The van der Waals surface area contributed by atoms with Crippen molar-refractivity contribution in [1.29, 1.82) is 0 Å². The minimum atomic E-state index is -0.496. The highest BCUT2D eigenvalue weighted by Gasteiger charge is 2.17. The lowest BCUT2D eigenvalue weighted by molar-refractivity contribution is -0.708. The molecular weight excluding hydrogens is 298 g/mol. The van der Waals surface area contributed by atoms with Crippen LogP contribution in [0, 0.1) is 0 Å². The van der Waals surface area contributed by atoms with Gasteiger partial charge in [-0.05, 0) is 17.7 Å². The second-order valence-electron chi connectivity index (χ2n) is 5.17. The molecule has 3 aromatic rings. The Bertz CT molecular complexity index is 989. The molecule has 2 aromatic heterocycles. The van der Waals surface area contributed by atoms with Crippen LogP contribution < -0.4 is 20.7 Å². The Kier molecular flexibility index (Phi) is 3.65. The van der Waals surface area contributed by atoms with Crippen LogP contribution in [0.15, 0.2) is 33.9 Å². The van der Waals surface area contributed by atoms with Gasteiger partial charge in [-0.3, -0.25) is 4.79 Å². The zero-order valence-electron chi connectivity index (χ0n) is 13.0. The monoisotopic (exact) mass is 314 g/mol. The van der Waals surface area contributed by atoms with Crippen molar-refractivity contribution in [1.82, 2.24) is 19.6 Å². The number of aromatic amines is 1. The third-order valence-electron chi connectivity index (χ3n) is 3.61. The van der Waals surface area contributed by atoms with E-state index in [0.717, 1.165) is 15.9 Å². The summed E-state index contributed by atoms with van der Waals surface area (Å²) in [6, 6.07) is 7.54. The molecule has 1 aromatic carbocycles. The SMILES string of the molecule is COc1ccc(Cc2nc3c(=O)n(C)c(=O)[nH]c3[n+](C)n2)cc1. The van der Waals surface area contributed by atoms with Gasteiger partial charge in [-0.15, -0.1) is 4.68 Å². The highest BCUT2D eigenvalue weighted by molar-refractivity contribution is 5.63. The predicted octanol–water partition coefficient (Wildman–Crippen LogP) is -0.559. The van der Waals surface area contributed by atoms with Crippen LogP contribution in [-0.4, -0.2) is 26.7 Å². The molecule has 0 spiro atoms. The zero-order valence-corrected chi connectivity index (χ0v) is 13.0. The Balaban J connectivity index is 2.08. The Morgan fingerprint density at radius 2 is 1.96 bits per heavy atom. The average molecular weight is 314 g/mol. The van der Waals surface area contributed by atoms with E-state index in [2.05, 4.69) is 15.1 Å². The van der Waals surface area contributed by atoms with Crippen LogP contribution in [0.25, 0.3) is 11.2 Å². The van der Waals surface area contributed by atoms with E-state index < -0.39 is 11.2 Å². The van der Waals surface area contributed by atoms with Crippen molar-refractivity contribution in [2.45, 2.75) is 6.42 Å². The molecule has 1 N–H and O–H groups in total. The van der Waals surface area contributed by atoms with Crippen molar-refractivity contribution in [2.75, 3.05) is 7.11 Å². The number of nitrogens with one attached hydrogen (secondary N) is 1. The molecule has 0 aliphatic carbocycles. The summed E-state index contributed by atoms with van der Waals surface area (Å²) >= 11 is 0. The molecule has 0 fully saturated rings. The summed E-state index contributed by atoms with van der Waals surface area (Å²) in [6.45, 7) is 0. The highest BCUT2D eigenvalue weighted by atomic mass is 16.5. The Labute approximate surface area is 131 Å². The van der Waals surface area contributed by atoms with Crippen molar-refractivity contribution in [2.24, 2.45) is 14.1 Å². The molecule has 0 aliphatic heterocycles. The van der Waals surface area contributed by atoms with Crippen molar-refractivity contribution < 1.29 is 9.42 Å². The van der Waals surface area contributed by atoms with E-state index in [1.54, 1.807) is 14.2 Å². The summed E-state index contributed by atoms with van der Waals surface area (Å²) in [5, 5.41) is 4.31. The van der Waals surface area contributed by atoms with E-state index in [1.165, 1.54) is 11.7 Å². The van der Waals surface area contributed by atoms with E-state index in [1.807, 2.05) is 24.3 Å². The van der Waals surface area contributed by atoms with Gasteiger partial charge in [-0.25, -0.2) is 14.3 Å². The molecule has 0 radical (unpaired) electrons. The normalized spacial score (nSPS) is 10.9. The van der Waals surface area contributed by atoms with Gasteiger partial charge in [0.1, 0.15) is 12.8 Å². The van der Waals surface area contributed by atoms with E-state index in [-0.39, 0.29) is 5.52 Å². The summed E-state index contributed by atoms with van der Waals surface area (Å²) in [7, 11) is 4.68. The van der Waals surface area contributed by atoms with E-state index in [0.29, 0.717) is 17.9 Å². The van der Waals surface area contributed by atoms with E-state index in [4.69, 9.17) is 4.74 Å². The maximum Gasteiger partial charge on any atom is 0.416 e. The lowest BCUT2D eigenvalue weighted by Crippen LogP contribution is -2.43. The molecule has 0 bridgehead atoms. The van der Waals surface area contributed by atoms with Gasteiger partial charge in [-0.1, -0.05) is 17.2 Å². The molecule has 0 saturated carbocycles. The molecule has 23 heavy (non-hydrogen) atoms. The van der Waals surface area contributed by atoms with Gasteiger partial charge < -0.3 is 4.74 Å². The fourth-order valence-corrected chi connectivity index (χ4v) is 2.31. The fourth-order valence-electron chi connectivity index (χ4n) is 2.31. The molecule has 0 saturated heterocycles. The Morgan fingerprint density at radius 1 is 1.26 bits per heavy atom.